The van der Waals surface area contributed by atoms with Crippen LogP contribution in [0.5, 0.6) is 5.75 Å². The fraction of sp³-hybridized carbons (Fsp3) is 0. The van der Waals surface area contributed by atoms with Crippen molar-refractivity contribution in [1.82, 2.24) is 9.97 Å². The molecule has 3 rings (SSSR count). The summed E-state index contributed by atoms with van der Waals surface area (Å²) < 4.78 is 5.38. The van der Waals surface area contributed by atoms with Gasteiger partial charge in [0, 0.05) is 24.0 Å². The van der Waals surface area contributed by atoms with Gasteiger partial charge < -0.3 is 4.74 Å². The van der Waals surface area contributed by atoms with E-state index in [-0.39, 0.29) is 0 Å². The van der Waals surface area contributed by atoms with E-state index >= 15 is 0 Å². The van der Waals surface area contributed by atoms with E-state index in [4.69, 9.17) is 16.3 Å². The standard InChI is InChI=1S/C15H9ClN2O2/c16-12-3-4-13(14-11(12)2-1-7-18-14)20-15(19)10-5-8-17-9-6-10/h1-9H. The van der Waals surface area contributed by atoms with Crippen molar-refractivity contribution in [1.29, 1.82) is 0 Å². The highest BCUT2D eigenvalue weighted by molar-refractivity contribution is 6.35. The van der Waals surface area contributed by atoms with Crippen molar-refractivity contribution in [2.75, 3.05) is 0 Å². The van der Waals surface area contributed by atoms with Crippen LogP contribution in [0, 0.1) is 0 Å². The van der Waals surface area contributed by atoms with Gasteiger partial charge in [0.25, 0.3) is 0 Å². The van der Waals surface area contributed by atoms with Crippen LogP contribution in [0.1, 0.15) is 10.4 Å². The van der Waals surface area contributed by atoms with E-state index in [2.05, 4.69) is 9.97 Å². The number of pyridine rings is 2. The summed E-state index contributed by atoms with van der Waals surface area (Å²) in [6, 6.07) is 10.1. The largest absolute Gasteiger partial charge is 0.421 e. The predicted octanol–water partition coefficient (Wildman–Crippen LogP) is 3.50. The molecular formula is C15H9ClN2O2. The van der Waals surface area contributed by atoms with Crippen molar-refractivity contribution in [2.45, 2.75) is 0 Å². The Hall–Kier alpha value is -2.46. The van der Waals surface area contributed by atoms with Gasteiger partial charge in [0.2, 0.25) is 0 Å². The van der Waals surface area contributed by atoms with Crippen LogP contribution < -0.4 is 4.74 Å². The van der Waals surface area contributed by atoms with E-state index in [0.717, 1.165) is 5.39 Å². The molecule has 2 aromatic heterocycles. The number of ether oxygens (including phenoxy) is 1. The summed E-state index contributed by atoms with van der Waals surface area (Å²) in [4.78, 5) is 20.1. The summed E-state index contributed by atoms with van der Waals surface area (Å²) in [5.74, 6) is -0.0755. The lowest BCUT2D eigenvalue weighted by Crippen LogP contribution is -2.08. The van der Waals surface area contributed by atoms with Crippen molar-refractivity contribution < 1.29 is 9.53 Å². The Bertz CT molecular complexity index is 775. The van der Waals surface area contributed by atoms with E-state index in [1.807, 2.05) is 6.07 Å². The number of carbonyl (C=O) groups is 1. The lowest BCUT2D eigenvalue weighted by molar-refractivity contribution is 0.0736. The SMILES string of the molecule is O=C(Oc1ccc(Cl)c2cccnc12)c1ccncc1. The first-order chi connectivity index (χ1) is 9.75. The molecule has 3 aromatic rings. The number of rotatable bonds is 2. The molecular weight excluding hydrogens is 276 g/mol. The van der Waals surface area contributed by atoms with Crippen molar-refractivity contribution >= 4 is 28.5 Å². The molecule has 0 atom stereocenters. The second-order valence-corrected chi connectivity index (χ2v) is 4.48. The van der Waals surface area contributed by atoms with Gasteiger partial charge in [-0.25, -0.2) is 4.79 Å². The maximum Gasteiger partial charge on any atom is 0.343 e. The first-order valence-corrected chi connectivity index (χ1v) is 6.29. The summed E-state index contributed by atoms with van der Waals surface area (Å²) in [6.07, 6.45) is 4.70. The zero-order chi connectivity index (χ0) is 13.9. The summed E-state index contributed by atoms with van der Waals surface area (Å²) in [5.41, 5.74) is 0.987. The van der Waals surface area contributed by atoms with Gasteiger partial charge in [0.05, 0.1) is 10.6 Å². The van der Waals surface area contributed by atoms with Gasteiger partial charge in [-0.3, -0.25) is 9.97 Å². The van der Waals surface area contributed by atoms with Crippen LogP contribution in [0.15, 0.2) is 55.0 Å². The van der Waals surface area contributed by atoms with E-state index in [0.29, 0.717) is 21.9 Å². The molecule has 0 aliphatic carbocycles. The molecule has 0 unspecified atom stereocenters. The number of fused-ring (bicyclic) bond motifs is 1. The number of aromatic nitrogens is 2. The highest BCUT2D eigenvalue weighted by Gasteiger charge is 2.12. The average Bonchev–Trinajstić information content (AvgIpc) is 2.51. The number of carbonyl (C=O) groups excluding carboxylic acids is 1. The molecule has 0 aliphatic rings. The monoisotopic (exact) mass is 284 g/mol. The first kappa shape index (κ1) is 12.6. The molecule has 0 spiro atoms. The van der Waals surface area contributed by atoms with Crippen LogP contribution >= 0.6 is 11.6 Å². The Balaban J connectivity index is 2.00. The molecule has 0 radical (unpaired) electrons. The summed E-state index contributed by atoms with van der Waals surface area (Å²) in [7, 11) is 0. The van der Waals surface area contributed by atoms with E-state index in [1.54, 1.807) is 36.5 Å². The summed E-state index contributed by atoms with van der Waals surface area (Å²) in [5, 5.41) is 1.31. The van der Waals surface area contributed by atoms with Gasteiger partial charge >= 0.3 is 5.97 Å². The lowest BCUT2D eigenvalue weighted by atomic mass is 10.2. The zero-order valence-corrected chi connectivity index (χ0v) is 11.0. The summed E-state index contributed by atoms with van der Waals surface area (Å²) >= 11 is 6.09. The number of hydrogen-bond acceptors (Lipinski definition) is 4. The van der Waals surface area contributed by atoms with Gasteiger partial charge in [-0.15, -0.1) is 0 Å². The molecule has 0 N–H and O–H groups in total. The molecule has 0 saturated heterocycles. The Morgan fingerprint density at radius 2 is 1.85 bits per heavy atom. The van der Waals surface area contributed by atoms with Crippen LogP contribution in [0.25, 0.3) is 10.9 Å². The van der Waals surface area contributed by atoms with Crippen LogP contribution in [0.4, 0.5) is 0 Å². The second kappa shape index (κ2) is 5.27. The van der Waals surface area contributed by atoms with Crippen molar-refractivity contribution in [3.63, 3.8) is 0 Å². The Morgan fingerprint density at radius 1 is 1.05 bits per heavy atom. The fourth-order valence-electron chi connectivity index (χ4n) is 1.84. The molecule has 0 bridgehead atoms. The van der Waals surface area contributed by atoms with Crippen LogP contribution in [0.3, 0.4) is 0 Å². The first-order valence-electron chi connectivity index (χ1n) is 5.91. The molecule has 2 heterocycles. The topological polar surface area (TPSA) is 52.1 Å². The van der Waals surface area contributed by atoms with E-state index < -0.39 is 5.97 Å². The molecule has 0 fully saturated rings. The fourth-order valence-corrected chi connectivity index (χ4v) is 2.06. The minimum atomic E-state index is -0.457. The van der Waals surface area contributed by atoms with Crippen molar-refractivity contribution in [2.24, 2.45) is 0 Å². The second-order valence-electron chi connectivity index (χ2n) is 4.07. The third-order valence-electron chi connectivity index (χ3n) is 2.80. The maximum atomic E-state index is 12.0. The van der Waals surface area contributed by atoms with Crippen LogP contribution in [0.2, 0.25) is 5.02 Å². The molecule has 4 nitrogen and oxygen atoms in total. The molecule has 0 aliphatic heterocycles. The molecule has 20 heavy (non-hydrogen) atoms. The highest BCUT2D eigenvalue weighted by Crippen LogP contribution is 2.29. The molecule has 0 saturated carbocycles. The third-order valence-corrected chi connectivity index (χ3v) is 3.13. The number of benzene rings is 1. The molecule has 5 heteroatoms. The van der Waals surface area contributed by atoms with Gasteiger partial charge in [-0.05, 0) is 36.4 Å². The Kier molecular flexibility index (Phi) is 3.31. The van der Waals surface area contributed by atoms with Crippen molar-refractivity contribution in [3.05, 3.63) is 65.6 Å². The van der Waals surface area contributed by atoms with Gasteiger partial charge in [-0.2, -0.15) is 0 Å². The number of halogens is 1. The minimum Gasteiger partial charge on any atom is -0.421 e. The smallest absolute Gasteiger partial charge is 0.343 e. The molecule has 98 valence electrons. The Morgan fingerprint density at radius 3 is 2.65 bits per heavy atom. The number of esters is 1. The zero-order valence-electron chi connectivity index (χ0n) is 10.3. The predicted molar refractivity (Wildman–Crippen MR) is 75.9 cm³/mol. The van der Waals surface area contributed by atoms with Gasteiger partial charge in [0.1, 0.15) is 5.52 Å². The number of nitrogens with zero attached hydrogens (tertiary/aromatic N) is 2. The van der Waals surface area contributed by atoms with Crippen LogP contribution in [-0.4, -0.2) is 15.9 Å². The third kappa shape index (κ3) is 2.33. The Labute approximate surface area is 120 Å². The minimum absolute atomic E-state index is 0.381. The average molecular weight is 285 g/mol. The lowest BCUT2D eigenvalue weighted by Gasteiger charge is -2.07. The molecule has 1 aromatic carbocycles. The van der Waals surface area contributed by atoms with Gasteiger partial charge in [-0.1, -0.05) is 11.6 Å². The molecule has 0 amide bonds. The van der Waals surface area contributed by atoms with E-state index in [1.165, 1.54) is 12.4 Å². The van der Waals surface area contributed by atoms with Crippen molar-refractivity contribution in [3.8, 4) is 5.75 Å². The normalized spacial score (nSPS) is 10.4. The quantitative estimate of drug-likeness (QED) is 0.534. The summed E-state index contributed by atoms with van der Waals surface area (Å²) in [6.45, 7) is 0. The number of hydrogen-bond donors (Lipinski definition) is 0. The highest BCUT2D eigenvalue weighted by atomic mass is 35.5. The van der Waals surface area contributed by atoms with Crippen LogP contribution in [-0.2, 0) is 0 Å². The maximum absolute atomic E-state index is 12.0. The van der Waals surface area contributed by atoms with E-state index in [9.17, 15) is 4.79 Å². The van der Waals surface area contributed by atoms with Gasteiger partial charge in [0.15, 0.2) is 5.75 Å².